The molecule has 232 valence electrons. The second kappa shape index (κ2) is 11.9. The van der Waals surface area contributed by atoms with Gasteiger partial charge in [-0.2, -0.15) is 0 Å². The molecule has 8 nitrogen and oxygen atoms in total. The third kappa shape index (κ3) is 5.42. The van der Waals surface area contributed by atoms with Gasteiger partial charge in [0.15, 0.2) is 0 Å². The number of aromatic nitrogens is 3. The summed E-state index contributed by atoms with van der Waals surface area (Å²) in [5.74, 6) is 1.05. The van der Waals surface area contributed by atoms with Crippen LogP contribution in [0.3, 0.4) is 0 Å². The van der Waals surface area contributed by atoms with Crippen LogP contribution in [-0.4, -0.2) is 38.3 Å². The molecule has 0 spiro atoms. The van der Waals surface area contributed by atoms with E-state index in [9.17, 15) is 9.90 Å². The fourth-order valence-corrected chi connectivity index (χ4v) is 6.89. The highest BCUT2D eigenvalue weighted by Crippen LogP contribution is 2.37. The zero-order valence-electron chi connectivity index (χ0n) is 25.1. The molecular weight excluding hydrogens is 602 g/mol. The summed E-state index contributed by atoms with van der Waals surface area (Å²) in [6, 6.07) is 22.8. The fourth-order valence-electron chi connectivity index (χ4n) is 6.64. The maximum atomic E-state index is 11.6. The van der Waals surface area contributed by atoms with Crippen molar-refractivity contribution < 1.29 is 23.8 Å². The number of hydrogen-bond donors (Lipinski definition) is 1. The molecule has 0 radical (unpaired) electrons. The number of carbonyl (C=O) groups is 1. The summed E-state index contributed by atoms with van der Waals surface area (Å²) < 4.78 is 20.2. The minimum absolute atomic E-state index is 0.146. The molecule has 0 saturated carbocycles. The van der Waals surface area contributed by atoms with E-state index in [0.717, 1.165) is 88.8 Å². The number of fused-ring (bicyclic) bond motifs is 4. The third-order valence-corrected chi connectivity index (χ3v) is 9.54. The Labute approximate surface area is 270 Å². The van der Waals surface area contributed by atoms with Crippen molar-refractivity contribution in [3.05, 3.63) is 107 Å². The molecule has 1 N–H and O–H groups in total. The molecule has 9 heteroatoms. The van der Waals surface area contributed by atoms with E-state index < -0.39 is 5.97 Å². The van der Waals surface area contributed by atoms with Crippen LogP contribution < -0.4 is 4.74 Å². The average Bonchev–Trinajstić information content (AvgIpc) is 3.61. The first-order valence-electron chi connectivity index (χ1n) is 15.7. The molecule has 2 aliphatic rings. The van der Waals surface area contributed by atoms with E-state index in [2.05, 4.69) is 10.6 Å². The summed E-state index contributed by atoms with van der Waals surface area (Å²) in [5, 5.41) is 12.1. The first-order valence-corrected chi connectivity index (χ1v) is 16.1. The van der Waals surface area contributed by atoms with Gasteiger partial charge in [0.25, 0.3) is 0 Å². The third-order valence-electron chi connectivity index (χ3n) is 9.23. The van der Waals surface area contributed by atoms with Crippen LogP contribution in [0.5, 0.6) is 5.88 Å². The van der Waals surface area contributed by atoms with E-state index >= 15 is 0 Å². The van der Waals surface area contributed by atoms with Crippen LogP contribution in [-0.2, 0) is 24.3 Å². The molecule has 2 atom stereocenters. The number of benzene rings is 3. The zero-order chi connectivity index (χ0) is 31.2. The number of carboxylic acid groups (broad SMARTS) is 1. The lowest BCUT2D eigenvalue weighted by atomic mass is 9.86. The van der Waals surface area contributed by atoms with E-state index in [4.69, 9.17) is 35.5 Å². The van der Waals surface area contributed by atoms with E-state index in [1.54, 1.807) is 12.1 Å². The van der Waals surface area contributed by atoms with Crippen molar-refractivity contribution >= 4 is 56.1 Å². The van der Waals surface area contributed by atoms with Crippen LogP contribution in [0, 0.1) is 5.92 Å². The van der Waals surface area contributed by atoms with Crippen LogP contribution >= 0.6 is 11.6 Å². The van der Waals surface area contributed by atoms with Gasteiger partial charge in [-0.15, -0.1) is 0 Å². The monoisotopic (exact) mass is 633 g/mol. The highest BCUT2D eigenvalue weighted by Gasteiger charge is 2.25. The summed E-state index contributed by atoms with van der Waals surface area (Å²) in [7, 11) is 0. The largest absolute Gasteiger partial charge is 0.478 e. The SMILES string of the molecule is O=C(O)c1ccc2nc(CC3CC=C(c4cccc(OCc5ccc(Cl)c6c5oc5ccccc56)n4)CC3)n(C[C@@H]3CCO3)c2c1. The van der Waals surface area contributed by atoms with Gasteiger partial charge < -0.3 is 23.6 Å². The van der Waals surface area contributed by atoms with Crippen molar-refractivity contribution in [3.8, 4) is 5.88 Å². The second-order valence-corrected chi connectivity index (χ2v) is 12.6. The van der Waals surface area contributed by atoms with Gasteiger partial charge in [0.2, 0.25) is 5.88 Å². The molecule has 1 fully saturated rings. The number of aromatic carboxylic acids is 1. The average molecular weight is 634 g/mol. The molecule has 4 heterocycles. The number of pyridine rings is 1. The van der Waals surface area contributed by atoms with Crippen molar-refractivity contribution in [1.82, 2.24) is 14.5 Å². The van der Waals surface area contributed by atoms with Gasteiger partial charge in [0.05, 0.1) is 40.0 Å². The molecule has 1 aliphatic heterocycles. The normalized spacial score (nSPS) is 18.2. The molecule has 0 amide bonds. The Bertz CT molecular complexity index is 2140. The summed E-state index contributed by atoms with van der Waals surface area (Å²) in [6.45, 7) is 1.78. The Balaban J connectivity index is 0.974. The summed E-state index contributed by atoms with van der Waals surface area (Å²) in [5.41, 5.74) is 6.55. The highest BCUT2D eigenvalue weighted by molar-refractivity contribution is 6.37. The number of rotatable bonds is 9. The quantitative estimate of drug-likeness (QED) is 0.170. The van der Waals surface area contributed by atoms with Crippen LogP contribution in [0.2, 0.25) is 5.02 Å². The van der Waals surface area contributed by atoms with Crippen molar-refractivity contribution in [3.63, 3.8) is 0 Å². The number of para-hydroxylation sites is 1. The number of nitrogens with zero attached hydrogens (tertiary/aromatic N) is 3. The Hall–Kier alpha value is -4.66. The van der Waals surface area contributed by atoms with Crippen molar-refractivity contribution in [2.75, 3.05) is 6.61 Å². The van der Waals surface area contributed by atoms with Crippen molar-refractivity contribution in [2.24, 2.45) is 5.92 Å². The lowest BCUT2D eigenvalue weighted by Gasteiger charge is -2.28. The first-order chi connectivity index (χ1) is 22.5. The molecule has 1 saturated heterocycles. The predicted octanol–water partition coefficient (Wildman–Crippen LogP) is 8.48. The van der Waals surface area contributed by atoms with Crippen LogP contribution in [0.1, 0.15) is 53.1 Å². The molecular formula is C37H32ClN3O5. The smallest absolute Gasteiger partial charge is 0.335 e. The molecule has 46 heavy (non-hydrogen) atoms. The zero-order valence-corrected chi connectivity index (χ0v) is 25.9. The first kappa shape index (κ1) is 28.8. The van der Waals surface area contributed by atoms with E-state index in [1.807, 2.05) is 60.7 Å². The second-order valence-electron chi connectivity index (χ2n) is 12.2. The Kier molecular flexibility index (Phi) is 7.47. The number of imidazole rings is 1. The minimum atomic E-state index is -0.933. The molecule has 1 unspecified atom stereocenters. The van der Waals surface area contributed by atoms with E-state index in [1.165, 1.54) is 5.57 Å². The molecule has 8 rings (SSSR count). The fraction of sp³-hybridized carbons (Fsp3) is 0.270. The number of furan rings is 1. The topological polar surface area (TPSA) is 99.6 Å². The van der Waals surface area contributed by atoms with Gasteiger partial charge in [-0.3, -0.25) is 0 Å². The summed E-state index contributed by atoms with van der Waals surface area (Å²) in [4.78, 5) is 21.4. The summed E-state index contributed by atoms with van der Waals surface area (Å²) >= 11 is 6.55. The van der Waals surface area contributed by atoms with Crippen molar-refractivity contribution in [1.29, 1.82) is 0 Å². The number of halogens is 1. The van der Waals surface area contributed by atoms with Crippen LogP contribution in [0.25, 0.3) is 38.5 Å². The lowest BCUT2D eigenvalue weighted by molar-refractivity contribution is -0.0590. The van der Waals surface area contributed by atoms with Gasteiger partial charge in [-0.1, -0.05) is 48.0 Å². The number of allylic oxidation sites excluding steroid dienone is 2. The van der Waals surface area contributed by atoms with Crippen LogP contribution in [0.15, 0.2) is 83.3 Å². The van der Waals surface area contributed by atoms with Crippen molar-refractivity contribution in [2.45, 2.75) is 51.4 Å². The van der Waals surface area contributed by atoms with Gasteiger partial charge in [-0.05, 0) is 73.6 Å². The Morgan fingerprint density at radius 2 is 1.93 bits per heavy atom. The summed E-state index contributed by atoms with van der Waals surface area (Å²) in [6.07, 6.45) is 7.11. The molecule has 0 bridgehead atoms. The maximum Gasteiger partial charge on any atom is 0.335 e. The van der Waals surface area contributed by atoms with E-state index in [-0.39, 0.29) is 11.7 Å². The van der Waals surface area contributed by atoms with E-state index in [0.29, 0.717) is 30.0 Å². The number of carboxylic acids is 1. The molecule has 1 aliphatic carbocycles. The number of hydrogen-bond acceptors (Lipinski definition) is 6. The minimum Gasteiger partial charge on any atom is -0.478 e. The Morgan fingerprint density at radius 3 is 2.74 bits per heavy atom. The number of ether oxygens (including phenoxy) is 2. The van der Waals surface area contributed by atoms with Gasteiger partial charge in [0, 0.05) is 35.4 Å². The van der Waals surface area contributed by atoms with Gasteiger partial charge >= 0.3 is 5.97 Å². The predicted molar refractivity (Wildman–Crippen MR) is 177 cm³/mol. The van der Waals surface area contributed by atoms with Gasteiger partial charge in [0.1, 0.15) is 23.6 Å². The maximum absolute atomic E-state index is 11.6. The van der Waals surface area contributed by atoms with Gasteiger partial charge in [-0.25, -0.2) is 14.8 Å². The van der Waals surface area contributed by atoms with Crippen LogP contribution in [0.4, 0.5) is 0 Å². The highest BCUT2D eigenvalue weighted by atomic mass is 35.5. The Morgan fingerprint density at radius 1 is 1.04 bits per heavy atom. The standard InChI is InChI=1S/C37H32ClN3O5/c38-28-14-12-25(36-35(28)27-4-1-2-6-32(27)46-36)21-45-34-7-3-5-29(40-34)23-10-8-22(9-11-23)18-33-39-30-15-13-24(37(42)43)19-31(30)41(33)20-26-16-17-44-26/h1-7,10,12-15,19,22,26H,8-9,11,16-18,20-21H2,(H,42,43)/t22?,26-/m0/s1. The lowest BCUT2D eigenvalue weighted by Crippen LogP contribution is -2.32. The molecule has 6 aromatic rings. The molecule has 3 aromatic carbocycles. The molecule has 3 aromatic heterocycles.